The summed E-state index contributed by atoms with van der Waals surface area (Å²) in [4.78, 5) is 0. The Morgan fingerprint density at radius 2 is 0.265 bits per heavy atom. The lowest BCUT2D eigenvalue weighted by molar-refractivity contribution is 0.477. The Bertz CT molecular complexity index is 1980. The lowest BCUT2D eigenvalue weighted by Gasteiger charge is -2.63. The summed E-state index contributed by atoms with van der Waals surface area (Å²) in [6.45, 7) is 0. The molecule has 1 N–H and O–H groups in total. The van der Waals surface area contributed by atoms with Crippen LogP contribution in [0, 0.1) is 0 Å². The van der Waals surface area contributed by atoms with E-state index in [-0.39, 0.29) is 13.7 Å². The van der Waals surface area contributed by atoms with Crippen molar-refractivity contribution in [1.82, 2.24) is 0 Å². The molecule has 0 bridgehead atoms. The van der Waals surface area contributed by atoms with Gasteiger partial charge < -0.3 is 0 Å². The third-order valence-electron chi connectivity index (χ3n) is 8.14. The summed E-state index contributed by atoms with van der Waals surface area (Å²) >= 11 is 115. The van der Waals surface area contributed by atoms with Crippen molar-refractivity contribution in [3.63, 3.8) is 0 Å². The number of halogens is 43. The number of hydrogen-bond donors (Lipinski definition) is 1. The zero-order chi connectivity index (χ0) is 57.0. The number of rotatable bonds is 21. The molecule has 47 heteroatoms. The molecule has 0 radical (unpaired) electrons. The Labute approximate surface area is 986 Å². The van der Waals surface area contributed by atoms with E-state index in [1.54, 1.807) is 0 Å². The Morgan fingerprint density at radius 3 is 0.353 bits per heavy atom. The van der Waals surface area contributed by atoms with Crippen molar-refractivity contribution in [2.24, 2.45) is 0 Å². The Kier molecular flexibility index (Phi) is 51.0. The fourth-order valence-electron chi connectivity index (χ4n) is 3.87. The molecule has 0 atom stereocenters. The maximum Gasteiger partial charge on any atom is 0.291 e. The van der Waals surface area contributed by atoms with Crippen molar-refractivity contribution in [3.05, 3.63) is 0 Å². The second-order valence-electron chi connectivity index (χ2n) is 12.4. The molecule has 0 amide bonds. The van der Waals surface area contributed by atoms with Crippen LogP contribution in [0.4, 0.5) is 0 Å². The Morgan fingerprint density at radius 1 is 0.176 bits per heavy atom. The molecular formula is C21HI43O3S. The van der Waals surface area contributed by atoms with Gasteiger partial charge in [0.2, 0.25) is 0.760 Å². The summed E-state index contributed by atoms with van der Waals surface area (Å²) in [6.07, 6.45) is 0. The third-order valence-corrected chi connectivity index (χ3v) is 163. The van der Waals surface area contributed by atoms with E-state index in [1.807, 2.05) is 45.2 Å². The van der Waals surface area contributed by atoms with Crippen LogP contribution in [0.1, 0.15) is 0 Å². The summed E-state index contributed by atoms with van der Waals surface area (Å²) in [6, 6.07) is 0. The molecule has 0 aromatic rings. The lowest BCUT2D eigenvalue weighted by Crippen LogP contribution is -2.74. The first-order chi connectivity index (χ1) is 28.2. The van der Waals surface area contributed by atoms with E-state index in [9.17, 15) is 13.0 Å². The van der Waals surface area contributed by atoms with E-state index in [4.69, 9.17) is 0 Å². The van der Waals surface area contributed by atoms with Crippen LogP contribution in [0.25, 0.3) is 0 Å². The Hall–Kier alpha value is 31.3. The monoisotopic (exact) mass is 5790 g/mol. The lowest BCUT2D eigenvalue weighted by atomic mass is 10.0. The molecule has 0 aliphatic carbocycles. The van der Waals surface area contributed by atoms with Crippen molar-refractivity contribution in [3.8, 4) is 0 Å². The van der Waals surface area contributed by atoms with E-state index in [1.165, 1.54) is 0 Å². The van der Waals surface area contributed by atoms with E-state index in [0.29, 0.717) is 0 Å². The standard InChI is InChI=1S/C21HI43O3S/c22-1(23,2(24,25)4(28,29)6(32,33)8(36,37)10(40,41)12(44,45)14(48,49)16(52,53)18(56,57)20(60,61)62)3(26,27)5(30,31)7(34,35)9(38,39)11(42,43)13(46,47)15(50,51)17(54,55)19(58,59)21(63,64)68(65,66)67/h(H,65,66,67). The van der Waals surface area contributed by atoms with E-state index in [2.05, 4.69) is 926 Å². The van der Waals surface area contributed by atoms with Gasteiger partial charge in [-0.15, -0.1) is 0 Å². The summed E-state index contributed by atoms with van der Waals surface area (Å²) in [7, 11) is -4.45. The molecule has 0 aliphatic heterocycles. The summed E-state index contributed by atoms with van der Waals surface area (Å²) < 4.78 is 27.3. The summed E-state index contributed by atoms with van der Waals surface area (Å²) in [5, 5.41) is 0. The highest BCUT2D eigenvalue weighted by Gasteiger charge is 2.85. The molecule has 0 aromatic heterocycles. The SMILES string of the molecule is O=S(=O)(O)C(I)(I)C(I)(I)C(I)(I)C(I)(I)C(I)(I)C(I)(I)C(I)(I)C(I)(I)C(I)(I)C(I)(I)C(I)(I)C(I)(I)C(I)(I)C(I)(I)C(I)(I)C(I)(I)C(I)(I)C(I)(I)C(I)(I)C(I)(I)C(I)(I)I. The van der Waals surface area contributed by atoms with Gasteiger partial charge in [-0.3, -0.25) is 4.55 Å². The van der Waals surface area contributed by atoms with Crippen LogP contribution in [0.5, 0.6) is 0 Å². The van der Waals surface area contributed by atoms with Gasteiger partial charge in [0.1, 0.15) is 26.6 Å². The van der Waals surface area contributed by atoms with Crippen molar-refractivity contribution in [1.29, 1.82) is 0 Å². The largest absolute Gasteiger partial charge is 0.291 e. The average Bonchev–Trinajstić information content (AvgIpc) is 3.08. The van der Waals surface area contributed by atoms with Gasteiger partial charge >= 0.3 is 0 Å². The van der Waals surface area contributed by atoms with Gasteiger partial charge in [0.05, 0.1) is 0 Å². The van der Waals surface area contributed by atoms with Crippen LogP contribution in [0.15, 0.2) is 0 Å². The van der Waals surface area contributed by atoms with Crippen LogP contribution in [-0.2, 0) is 10.1 Å². The zero-order valence-electron chi connectivity index (χ0n) is 28.4. The van der Waals surface area contributed by atoms with Crippen molar-refractivity contribution >= 4 is 982 Å². The van der Waals surface area contributed by atoms with Crippen molar-refractivity contribution in [2.45, 2.75) is 27.3 Å². The van der Waals surface area contributed by atoms with Crippen LogP contribution < -0.4 is 0 Å². The number of hydrogen-bond acceptors (Lipinski definition) is 2. The van der Waals surface area contributed by atoms with Gasteiger partial charge in [0, 0.05) is 0 Å². The predicted octanol–water partition coefficient (Wildman–Crippen LogP) is 33.1. The fraction of sp³-hybridized carbons (Fsp3) is 1.00. The molecule has 410 valence electrons. The fourth-order valence-corrected chi connectivity index (χ4v) is 77.8. The molecule has 0 saturated carbocycles. The Balaban J connectivity index is 8.10. The normalized spacial score (nSPS) is 17.5. The summed E-state index contributed by atoms with van der Waals surface area (Å²) in [5.41, 5.74) is 0. The maximum absolute atomic E-state index is 13.0. The van der Waals surface area contributed by atoms with Gasteiger partial charge in [0.25, 0.3) is 10.1 Å². The topological polar surface area (TPSA) is 54.4 Å². The first kappa shape index (κ1) is 99.3. The highest BCUT2D eigenvalue weighted by molar-refractivity contribution is 14.3. The molecule has 0 fully saturated rings. The minimum absolute atomic E-state index is 0.0424. The molecule has 0 spiro atoms. The third kappa shape index (κ3) is 18.6. The van der Waals surface area contributed by atoms with Crippen LogP contribution in [0.2, 0.25) is 0 Å². The number of alkyl halides is 43. The van der Waals surface area contributed by atoms with Crippen LogP contribution >= 0.6 is 971 Å². The van der Waals surface area contributed by atoms with Gasteiger partial charge in [-0.2, -0.15) is 8.42 Å². The first-order valence-electron chi connectivity index (χ1n) is 13.8. The van der Waals surface area contributed by atoms with Gasteiger partial charge in [-0.25, -0.2) is 0 Å². The molecule has 0 rings (SSSR count). The quantitative estimate of drug-likeness (QED) is 0.0708. The molecule has 0 saturated heterocycles. The minimum atomic E-state index is -4.45. The smallest absolute Gasteiger partial charge is 0.284 e. The molecule has 0 unspecified atom stereocenters. The first-order valence-corrected chi connectivity index (χ1v) is 61.7. The highest BCUT2D eigenvalue weighted by Crippen LogP contribution is 2.87. The molecule has 0 heterocycles. The van der Waals surface area contributed by atoms with Gasteiger partial charge in [-0.05, 0) is 45.2 Å². The second kappa shape index (κ2) is 34.9. The molecule has 68 heavy (non-hydrogen) atoms. The second-order valence-corrected chi connectivity index (χ2v) is 132. The van der Waals surface area contributed by atoms with Crippen LogP contribution in [0.3, 0.4) is 0 Å². The predicted molar refractivity (Wildman–Crippen MR) is 672 cm³/mol. The average molecular weight is 5790 g/mol. The van der Waals surface area contributed by atoms with E-state index >= 15 is 0 Å². The van der Waals surface area contributed by atoms with E-state index in [0.717, 1.165) is 0 Å². The molecule has 0 aliphatic rings. The molecular weight excluding hydrogens is 5790 g/mol. The molecule has 3 nitrogen and oxygen atoms in total. The molecule has 0 aromatic carbocycles. The minimum Gasteiger partial charge on any atom is -0.284 e. The zero-order valence-corrected chi connectivity index (χ0v) is 122. The van der Waals surface area contributed by atoms with E-state index < -0.39 is 23.7 Å². The van der Waals surface area contributed by atoms with Crippen molar-refractivity contribution in [2.75, 3.05) is 0 Å². The van der Waals surface area contributed by atoms with Gasteiger partial charge in [0.15, 0.2) is 0 Å². The van der Waals surface area contributed by atoms with Crippen LogP contribution in [-0.4, -0.2) is 40.3 Å². The van der Waals surface area contributed by atoms with Gasteiger partial charge in [-0.1, -0.05) is 926 Å². The van der Waals surface area contributed by atoms with Crippen molar-refractivity contribution < 1.29 is 13.0 Å². The highest BCUT2D eigenvalue weighted by atomic mass is 127. The maximum atomic E-state index is 13.0. The summed E-state index contributed by atoms with van der Waals surface area (Å²) in [5.74, 6) is 0.